The number of aromatic nitrogens is 6. The molecule has 0 radical (unpaired) electrons. The molecule has 4 heterocycles. The maximum Gasteiger partial charge on any atom is 0.388 e. The van der Waals surface area contributed by atoms with E-state index in [1.807, 2.05) is 6.92 Å². The minimum atomic E-state index is -2.98. The van der Waals surface area contributed by atoms with Crippen molar-refractivity contribution < 1.29 is 31.9 Å². The number of terminal acetylenes is 1. The van der Waals surface area contributed by atoms with E-state index in [1.165, 1.54) is 42.9 Å². The largest absolute Gasteiger partial charge is 0.481 e. The number of hydrogen-bond donors (Lipinski definition) is 0. The van der Waals surface area contributed by atoms with E-state index < -0.39 is 29.7 Å². The van der Waals surface area contributed by atoms with E-state index in [0.717, 1.165) is 15.2 Å². The Hall–Kier alpha value is -4.57. The molecule has 13 nitrogen and oxygen atoms in total. The fourth-order valence-corrected chi connectivity index (χ4v) is 6.27. The molecule has 3 aromatic heterocycles. The van der Waals surface area contributed by atoms with Gasteiger partial charge >= 0.3 is 18.0 Å². The molecule has 1 aliphatic heterocycles. The van der Waals surface area contributed by atoms with Crippen LogP contribution in [0, 0.1) is 22.9 Å². The third-order valence-corrected chi connectivity index (χ3v) is 9.14. The van der Waals surface area contributed by atoms with Crippen LogP contribution in [0.4, 0.5) is 18.9 Å². The molecule has 20 heteroatoms. The Labute approximate surface area is 303 Å². The van der Waals surface area contributed by atoms with E-state index in [2.05, 4.69) is 36.7 Å². The number of carbonyl (C=O) groups is 1. The Balaban J connectivity index is 0.000000195. The number of halogens is 6. The van der Waals surface area contributed by atoms with E-state index in [0.29, 0.717) is 44.3 Å². The molecule has 5 aromatic rings. The lowest BCUT2D eigenvalue weighted by atomic mass is 10.1. The van der Waals surface area contributed by atoms with Gasteiger partial charge in [0.05, 0.1) is 33.5 Å². The third kappa shape index (κ3) is 6.53. The topological polar surface area (TPSA) is 132 Å². The number of nitrogens with zero attached hydrogens (tertiary/aromatic N) is 7. The van der Waals surface area contributed by atoms with Gasteiger partial charge in [-0.15, -0.1) is 6.42 Å². The monoisotopic (exact) mass is 815 g/mol. The Morgan fingerprint density at radius 3 is 2.36 bits per heavy atom. The number of rotatable bonds is 6. The number of ether oxygens (including phenoxy) is 2. The lowest BCUT2D eigenvalue weighted by Gasteiger charge is -2.28. The molecule has 0 fully saturated rings. The molecule has 0 aliphatic carbocycles. The maximum atomic E-state index is 14.6. The predicted octanol–water partition coefficient (Wildman–Crippen LogP) is 5.56. The lowest BCUT2D eigenvalue weighted by molar-refractivity contribution is -0.121. The molecular formula is C30H23BrCl2F3N7O6S. The summed E-state index contributed by atoms with van der Waals surface area (Å²) in [6, 6.07) is 3.70. The Morgan fingerprint density at radius 1 is 1.10 bits per heavy atom. The standard InChI is InChI=1S/C16H13FN4O4S.C14H10BrCl2F2N3O2/c1-4-5-20-11-7-10(9(17)6-12(11)25-8-13(20)22)21-14(23)18(2)16(26)19(3)15(21)24;1-3-7-20-10-6(17)4-5(16)8(12(10)23-7)11-9(15)13(22(2)21-11)24-14(18)19/h1,6-7H,5,8H2,2-3H3;4,14H,3H2,1-2H3. The molecule has 0 N–H and O–H groups in total. The zero-order valence-corrected chi connectivity index (χ0v) is 30.2. The quantitative estimate of drug-likeness (QED) is 0.160. The SMILES string of the molecule is C#CCN1C(=O)COc2cc(F)c(-n3c(=O)n(C)c(=S)n(C)c3=O)cc21.CCc1nc2c(Cl)cc(Cl)c(-c3nn(C)c(OC(F)F)c3Br)c2o1. The number of hydrogen-bond acceptors (Lipinski definition) is 9. The Bertz CT molecular complexity index is 2380. The summed E-state index contributed by atoms with van der Waals surface area (Å²) in [5, 5.41) is 4.80. The van der Waals surface area contributed by atoms with Gasteiger partial charge in [-0.3, -0.25) is 18.8 Å². The van der Waals surface area contributed by atoms with Crippen molar-refractivity contribution in [3.05, 3.63) is 70.2 Å². The normalized spacial score (nSPS) is 12.4. The van der Waals surface area contributed by atoms with Gasteiger partial charge in [-0.05, 0) is 40.3 Å². The molecular weight excluding hydrogens is 794 g/mol. The predicted molar refractivity (Wildman–Crippen MR) is 184 cm³/mol. The lowest BCUT2D eigenvalue weighted by Crippen LogP contribution is -2.44. The fourth-order valence-electron chi connectivity index (χ4n) is 4.91. The van der Waals surface area contributed by atoms with Crippen LogP contribution in [-0.4, -0.2) is 54.1 Å². The number of fused-ring (bicyclic) bond motifs is 2. The minimum Gasteiger partial charge on any atom is -0.481 e. The first-order chi connectivity index (χ1) is 23.6. The van der Waals surface area contributed by atoms with E-state index in [9.17, 15) is 27.6 Å². The molecule has 0 atom stereocenters. The summed E-state index contributed by atoms with van der Waals surface area (Å²) >= 11 is 20.7. The van der Waals surface area contributed by atoms with E-state index >= 15 is 0 Å². The van der Waals surface area contributed by atoms with E-state index in [-0.39, 0.29) is 50.4 Å². The van der Waals surface area contributed by atoms with Crippen molar-refractivity contribution in [2.45, 2.75) is 20.0 Å². The molecule has 1 aliphatic rings. The first kappa shape index (κ1) is 36.7. The fraction of sp³-hybridized carbons (Fsp3) is 0.267. The summed E-state index contributed by atoms with van der Waals surface area (Å²) in [7, 11) is 4.22. The highest BCUT2D eigenvalue weighted by molar-refractivity contribution is 9.10. The molecule has 1 amide bonds. The van der Waals surface area contributed by atoms with Gasteiger partial charge in [-0.2, -0.15) is 13.9 Å². The maximum absolute atomic E-state index is 14.6. The van der Waals surface area contributed by atoms with Crippen molar-refractivity contribution in [1.29, 1.82) is 0 Å². The summed E-state index contributed by atoms with van der Waals surface area (Å²) in [4.78, 5) is 42.5. The van der Waals surface area contributed by atoms with E-state index in [1.54, 1.807) is 0 Å². The van der Waals surface area contributed by atoms with Gasteiger partial charge in [0.1, 0.15) is 21.4 Å². The molecule has 0 saturated carbocycles. The average molecular weight is 817 g/mol. The first-order valence-electron chi connectivity index (χ1n) is 14.2. The van der Waals surface area contributed by atoms with Crippen molar-refractivity contribution in [3.63, 3.8) is 0 Å². The molecule has 0 saturated heterocycles. The van der Waals surface area contributed by atoms with Crippen LogP contribution >= 0.6 is 51.3 Å². The molecule has 0 spiro atoms. The minimum absolute atomic E-state index is 0.0120. The number of amides is 1. The van der Waals surface area contributed by atoms with Gasteiger partial charge in [0.15, 0.2) is 28.7 Å². The Morgan fingerprint density at radius 2 is 1.76 bits per heavy atom. The highest BCUT2D eigenvalue weighted by Crippen LogP contribution is 2.44. The van der Waals surface area contributed by atoms with Gasteiger partial charge in [-0.1, -0.05) is 36.0 Å². The van der Waals surface area contributed by atoms with Crippen LogP contribution in [0.25, 0.3) is 28.0 Å². The van der Waals surface area contributed by atoms with Crippen molar-refractivity contribution in [3.8, 4) is 40.9 Å². The molecule has 6 rings (SSSR count). The van der Waals surface area contributed by atoms with Gasteiger partial charge in [0.25, 0.3) is 5.91 Å². The van der Waals surface area contributed by atoms with Gasteiger partial charge in [0, 0.05) is 33.6 Å². The van der Waals surface area contributed by atoms with Crippen LogP contribution in [0.2, 0.25) is 10.0 Å². The van der Waals surface area contributed by atoms with Crippen LogP contribution < -0.4 is 25.8 Å². The summed E-state index contributed by atoms with van der Waals surface area (Å²) in [6.45, 7) is -1.45. The Kier molecular flexibility index (Phi) is 10.5. The van der Waals surface area contributed by atoms with E-state index in [4.69, 9.17) is 51.0 Å². The van der Waals surface area contributed by atoms with Crippen LogP contribution in [0.15, 0.2) is 36.7 Å². The number of carbonyl (C=O) groups excluding carboxylic acids is 1. The summed E-state index contributed by atoms with van der Waals surface area (Å²) in [6.07, 6.45) is 5.84. The molecule has 0 unspecified atom stereocenters. The number of aryl methyl sites for hydroxylation is 2. The van der Waals surface area contributed by atoms with Crippen LogP contribution in [0.3, 0.4) is 0 Å². The van der Waals surface area contributed by atoms with Crippen molar-refractivity contribution in [1.82, 2.24) is 28.5 Å². The molecule has 2 aromatic carbocycles. The second kappa shape index (κ2) is 14.3. The van der Waals surface area contributed by atoms with Crippen molar-refractivity contribution >= 4 is 74.0 Å². The van der Waals surface area contributed by atoms with Crippen LogP contribution in [0.1, 0.15) is 12.8 Å². The smallest absolute Gasteiger partial charge is 0.388 e. The van der Waals surface area contributed by atoms with Gasteiger partial charge in [0.2, 0.25) is 5.88 Å². The highest BCUT2D eigenvalue weighted by Gasteiger charge is 2.29. The second-order valence-electron chi connectivity index (χ2n) is 10.4. The number of benzene rings is 2. The zero-order chi connectivity index (χ0) is 36.8. The third-order valence-electron chi connectivity index (χ3n) is 7.29. The summed E-state index contributed by atoms with van der Waals surface area (Å²) in [5.74, 6) is 1.49. The highest BCUT2D eigenvalue weighted by atomic mass is 79.9. The van der Waals surface area contributed by atoms with Gasteiger partial charge < -0.3 is 13.9 Å². The average Bonchev–Trinajstić information content (AvgIpc) is 3.62. The second-order valence-corrected chi connectivity index (χ2v) is 12.3. The first-order valence-corrected chi connectivity index (χ1v) is 16.1. The number of anilines is 1. The van der Waals surface area contributed by atoms with Gasteiger partial charge in [-0.25, -0.2) is 28.2 Å². The van der Waals surface area contributed by atoms with Crippen LogP contribution in [0.5, 0.6) is 11.6 Å². The molecule has 0 bridgehead atoms. The van der Waals surface area contributed by atoms with Crippen molar-refractivity contribution in [2.24, 2.45) is 21.1 Å². The van der Waals surface area contributed by atoms with Crippen LogP contribution in [-0.2, 0) is 32.4 Å². The van der Waals surface area contributed by atoms with Crippen molar-refractivity contribution in [2.75, 3.05) is 18.1 Å². The summed E-state index contributed by atoms with van der Waals surface area (Å²) < 4.78 is 59.3. The molecule has 50 heavy (non-hydrogen) atoms. The number of oxazole rings is 1. The zero-order valence-electron chi connectivity index (χ0n) is 26.3. The number of alkyl halides is 2. The molecule has 262 valence electrons. The summed E-state index contributed by atoms with van der Waals surface area (Å²) in [5.41, 5.74) is -0.330.